The van der Waals surface area contributed by atoms with E-state index in [-0.39, 0.29) is 17.9 Å². The van der Waals surface area contributed by atoms with E-state index in [4.69, 9.17) is 0 Å². The number of nitrogens with one attached hydrogen (secondary N) is 1. The van der Waals surface area contributed by atoms with Gasteiger partial charge >= 0.3 is 6.03 Å². The van der Waals surface area contributed by atoms with Crippen LogP contribution in [0.25, 0.3) is 5.78 Å². The number of aromatic nitrogens is 4. The normalized spacial score (nSPS) is 17.8. The lowest BCUT2D eigenvalue weighted by Crippen LogP contribution is -2.47. The molecule has 1 saturated heterocycles. The molecule has 2 aromatic rings. The van der Waals surface area contributed by atoms with E-state index in [0.717, 1.165) is 18.5 Å². The largest absolute Gasteiger partial charge is 0.331 e. The molecule has 1 unspecified atom stereocenters. The Morgan fingerprint density at radius 3 is 2.88 bits per heavy atom. The highest BCUT2D eigenvalue weighted by Gasteiger charge is 2.29. The predicted molar refractivity (Wildman–Crippen MR) is 87.5 cm³/mol. The van der Waals surface area contributed by atoms with Crippen molar-refractivity contribution in [2.24, 2.45) is 5.92 Å². The molecule has 0 aliphatic carbocycles. The zero-order chi connectivity index (χ0) is 17.3. The number of aryl methyl sites for hydroxylation is 1. The van der Waals surface area contributed by atoms with Crippen molar-refractivity contribution in [1.82, 2.24) is 29.4 Å². The summed E-state index contributed by atoms with van der Waals surface area (Å²) in [6, 6.07) is 1.75. The summed E-state index contributed by atoms with van der Waals surface area (Å²) in [7, 11) is 3.42. The van der Waals surface area contributed by atoms with Crippen LogP contribution in [0.4, 0.5) is 10.7 Å². The minimum Gasteiger partial charge on any atom is -0.331 e. The summed E-state index contributed by atoms with van der Waals surface area (Å²) in [6.45, 7) is 2.96. The fraction of sp³-hybridized carbons (Fsp3) is 0.533. The van der Waals surface area contributed by atoms with Gasteiger partial charge in [-0.3, -0.25) is 14.5 Å². The molecule has 1 fully saturated rings. The number of anilines is 1. The van der Waals surface area contributed by atoms with Gasteiger partial charge in [-0.1, -0.05) is 0 Å². The zero-order valence-electron chi connectivity index (χ0n) is 14.1. The SMILES string of the molecule is Cc1ccn2c(NC(=O)C3CCCN(C(=O)N(C)C)C3)nnc2n1. The van der Waals surface area contributed by atoms with Gasteiger partial charge in [-0.2, -0.15) is 0 Å². The van der Waals surface area contributed by atoms with E-state index in [9.17, 15) is 9.59 Å². The molecule has 1 aliphatic rings. The molecule has 1 aliphatic heterocycles. The predicted octanol–water partition coefficient (Wildman–Crippen LogP) is 0.765. The summed E-state index contributed by atoms with van der Waals surface area (Å²) in [5.41, 5.74) is 0.831. The first-order valence-corrected chi connectivity index (χ1v) is 7.91. The van der Waals surface area contributed by atoms with E-state index in [1.54, 1.807) is 29.6 Å². The van der Waals surface area contributed by atoms with Crippen LogP contribution in [0.3, 0.4) is 0 Å². The molecular weight excluding hydrogens is 310 g/mol. The Bertz CT molecular complexity index is 770. The number of amides is 3. The molecule has 1 atom stereocenters. The maximum absolute atomic E-state index is 12.5. The molecule has 0 spiro atoms. The molecule has 3 heterocycles. The molecule has 2 aromatic heterocycles. The molecule has 0 aromatic carbocycles. The first-order chi connectivity index (χ1) is 11.5. The van der Waals surface area contributed by atoms with Crippen molar-refractivity contribution in [3.05, 3.63) is 18.0 Å². The minimum atomic E-state index is -0.256. The third-order valence-corrected chi connectivity index (χ3v) is 4.10. The lowest BCUT2D eigenvalue weighted by molar-refractivity contribution is -0.121. The molecule has 3 amide bonds. The van der Waals surface area contributed by atoms with Crippen LogP contribution in [0.2, 0.25) is 0 Å². The minimum absolute atomic E-state index is 0.0693. The van der Waals surface area contributed by atoms with Gasteiger partial charge in [0.05, 0.1) is 5.92 Å². The first kappa shape index (κ1) is 16.2. The molecule has 3 rings (SSSR count). The number of rotatable bonds is 2. The number of fused-ring (bicyclic) bond motifs is 1. The highest BCUT2D eigenvalue weighted by Crippen LogP contribution is 2.19. The number of nitrogens with zero attached hydrogens (tertiary/aromatic N) is 6. The highest BCUT2D eigenvalue weighted by atomic mass is 16.2. The maximum Gasteiger partial charge on any atom is 0.319 e. The summed E-state index contributed by atoms with van der Waals surface area (Å²) in [5, 5.41) is 10.7. The number of carbonyl (C=O) groups excluding carboxylic acids is 2. The van der Waals surface area contributed by atoms with Gasteiger partial charge in [-0.05, 0) is 25.8 Å². The molecule has 9 nitrogen and oxygen atoms in total. The van der Waals surface area contributed by atoms with Crippen molar-refractivity contribution in [3.63, 3.8) is 0 Å². The summed E-state index contributed by atoms with van der Waals surface area (Å²) in [4.78, 5) is 32.1. The monoisotopic (exact) mass is 331 g/mol. The average molecular weight is 331 g/mol. The number of hydrogen-bond donors (Lipinski definition) is 1. The van der Waals surface area contributed by atoms with Crippen LogP contribution >= 0.6 is 0 Å². The second-order valence-corrected chi connectivity index (χ2v) is 6.21. The third kappa shape index (κ3) is 3.15. The van der Waals surface area contributed by atoms with Crippen LogP contribution in [-0.2, 0) is 4.79 Å². The second kappa shape index (κ2) is 6.42. The zero-order valence-corrected chi connectivity index (χ0v) is 14.1. The van der Waals surface area contributed by atoms with Gasteiger partial charge in [0.25, 0.3) is 5.78 Å². The van der Waals surface area contributed by atoms with Crippen LogP contribution in [0, 0.1) is 12.8 Å². The van der Waals surface area contributed by atoms with E-state index in [1.807, 2.05) is 13.0 Å². The lowest BCUT2D eigenvalue weighted by atomic mass is 9.97. The van der Waals surface area contributed by atoms with Gasteiger partial charge in [0.15, 0.2) is 0 Å². The van der Waals surface area contributed by atoms with E-state index >= 15 is 0 Å². The summed E-state index contributed by atoms with van der Waals surface area (Å²) in [5.74, 6) is 0.381. The molecule has 24 heavy (non-hydrogen) atoms. The quantitative estimate of drug-likeness (QED) is 0.877. The van der Waals surface area contributed by atoms with Crippen molar-refractivity contribution in [2.75, 3.05) is 32.5 Å². The fourth-order valence-corrected chi connectivity index (χ4v) is 2.82. The van der Waals surface area contributed by atoms with Gasteiger partial charge in [-0.15, -0.1) is 10.2 Å². The number of likely N-dealkylation sites (tertiary alicyclic amines) is 1. The van der Waals surface area contributed by atoms with Crippen LogP contribution in [0.1, 0.15) is 18.5 Å². The van der Waals surface area contributed by atoms with Crippen molar-refractivity contribution in [1.29, 1.82) is 0 Å². The number of carbonyl (C=O) groups is 2. The molecule has 1 N–H and O–H groups in total. The van der Waals surface area contributed by atoms with E-state index in [1.165, 1.54) is 4.90 Å². The molecule has 0 bridgehead atoms. The Labute approximate surface area is 139 Å². The van der Waals surface area contributed by atoms with Gasteiger partial charge in [-0.25, -0.2) is 9.78 Å². The Morgan fingerprint density at radius 1 is 1.33 bits per heavy atom. The summed E-state index contributed by atoms with van der Waals surface area (Å²) in [6.07, 6.45) is 3.33. The smallest absolute Gasteiger partial charge is 0.319 e. The third-order valence-electron chi connectivity index (χ3n) is 4.10. The average Bonchev–Trinajstić information content (AvgIpc) is 2.96. The van der Waals surface area contributed by atoms with Crippen LogP contribution in [0.15, 0.2) is 12.3 Å². The van der Waals surface area contributed by atoms with Crippen molar-refractivity contribution >= 4 is 23.7 Å². The first-order valence-electron chi connectivity index (χ1n) is 7.91. The fourth-order valence-electron chi connectivity index (χ4n) is 2.82. The maximum atomic E-state index is 12.5. The number of hydrogen-bond acceptors (Lipinski definition) is 5. The lowest BCUT2D eigenvalue weighted by Gasteiger charge is -2.33. The van der Waals surface area contributed by atoms with Crippen molar-refractivity contribution in [3.8, 4) is 0 Å². The van der Waals surface area contributed by atoms with Crippen LogP contribution in [0.5, 0.6) is 0 Å². The highest BCUT2D eigenvalue weighted by molar-refractivity contribution is 5.91. The van der Waals surface area contributed by atoms with Crippen molar-refractivity contribution < 1.29 is 9.59 Å². The van der Waals surface area contributed by atoms with E-state index < -0.39 is 0 Å². The Kier molecular flexibility index (Phi) is 4.32. The molecule has 0 saturated carbocycles. The molecular formula is C15H21N7O2. The van der Waals surface area contributed by atoms with Crippen molar-refractivity contribution in [2.45, 2.75) is 19.8 Å². The Morgan fingerprint density at radius 2 is 2.12 bits per heavy atom. The summed E-state index contributed by atoms with van der Waals surface area (Å²) >= 11 is 0. The van der Waals surface area contributed by atoms with Gasteiger partial charge in [0.1, 0.15) is 0 Å². The van der Waals surface area contributed by atoms with Crippen LogP contribution < -0.4 is 5.32 Å². The molecule has 9 heteroatoms. The number of piperidine rings is 1. The van der Waals surface area contributed by atoms with Crippen LogP contribution in [-0.4, -0.2) is 68.5 Å². The van der Waals surface area contributed by atoms with Gasteiger partial charge in [0.2, 0.25) is 11.9 Å². The molecule has 0 radical (unpaired) electrons. The van der Waals surface area contributed by atoms with E-state index in [0.29, 0.717) is 24.8 Å². The molecule has 128 valence electrons. The topological polar surface area (TPSA) is 95.7 Å². The Hall–Kier alpha value is -2.71. The van der Waals surface area contributed by atoms with Gasteiger partial charge in [0, 0.05) is 39.1 Å². The number of urea groups is 1. The standard InChI is InChI=1S/C15H21N7O2/c1-10-6-8-22-13(16-10)18-19-14(22)17-12(23)11-5-4-7-21(9-11)15(24)20(2)3/h6,8,11H,4-5,7,9H2,1-3H3,(H,17,19,23). The van der Waals surface area contributed by atoms with E-state index in [2.05, 4.69) is 20.5 Å². The van der Waals surface area contributed by atoms with Gasteiger partial charge < -0.3 is 9.80 Å². The Balaban J connectivity index is 1.71. The second-order valence-electron chi connectivity index (χ2n) is 6.21. The summed E-state index contributed by atoms with van der Waals surface area (Å²) < 4.78 is 1.64.